The highest BCUT2D eigenvalue weighted by atomic mass is 19.4. The molecule has 0 unspecified atom stereocenters. The van der Waals surface area contributed by atoms with Crippen molar-refractivity contribution in [3.8, 4) is 11.8 Å². The molecule has 1 spiro atoms. The largest absolute Gasteiger partial charge is 0.479 e. The third-order valence-electron chi connectivity index (χ3n) is 6.89. The van der Waals surface area contributed by atoms with Crippen LogP contribution in [0, 0.1) is 17.1 Å². The van der Waals surface area contributed by atoms with Crippen molar-refractivity contribution >= 4 is 29.4 Å². The topological polar surface area (TPSA) is 123 Å². The van der Waals surface area contributed by atoms with E-state index in [9.17, 15) is 36.7 Å². The third-order valence-corrected chi connectivity index (χ3v) is 6.89. The number of likely N-dealkylation sites (N-methyl/N-ethyl adjacent to an activating group) is 1. The minimum absolute atomic E-state index is 0.0410. The van der Waals surface area contributed by atoms with Crippen molar-refractivity contribution in [2.45, 2.75) is 44.8 Å². The molecule has 0 aliphatic carbocycles. The minimum Gasteiger partial charge on any atom is -0.479 e. The van der Waals surface area contributed by atoms with Crippen molar-refractivity contribution in [3.63, 3.8) is 0 Å². The Balaban J connectivity index is 0.00000162. The van der Waals surface area contributed by atoms with Crippen LogP contribution in [0.1, 0.15) is 49.0 Å². The van der Waals surface area contributed by atoms with Gasteiger partial charge in [0, 0.05) is 25.8 Å². The van der Waals surface area contributed by atoms with E-state index in [1.165, 1.54) is 23.3 Å². The van der Waals surface area contributed by atoms with Gasteiger partial charge < -0.3 is 15.0 Å². The van der Waals surface area contributed by atoms with Crippen molar-refractivity contribution in [2.75, 3.05) is 38.2 Å². The number of anilines is 1. The molecular formula is C29H31F4N5O5. The number of benzene rings is 2. The van der Waals surface area contributed by atoms with E-state index in [4.69, 9.17) is 10.00 Å². The number of rotatable bonds is 6. The number of alkyl halides is 3. The highest BCUT2D eigenvalue weighted by Gasteiger charge is 2.57. The Bertz CT molecular complexity index is 1400. The lowest BCUT2D eigenvalue weighted by molar-refractivity contribution is -0.137. The number of amides is 5. The van der Waals surface area contributed by atoms with Gasteiger partial charge in [0.25, 0.3) is 11.8 Å². The molecule has 10 nitrogen and oxygen atoms in total. The van der Waals surface area contributed by atoms with Crippen LogP contribution in [-0.2, 0) is 15.8 Å². The number of hydrogen-bond acceptors (Lipinski definition) is 6. The molecule has 4 rings (SSSR count). The van der Waals surface area contributed by atoms with E-state index in [1.807, 2.05) is 6.07 Å². The predicted octanol–water partition coefficient (Wildman–Crippen LogP) is 4.35. The first kappa shape index (κ1) is 32.8. The van der Waals surface area contributed by atoms with Crippen LogP contribution in [-0.4, -0.2) is 72.4 Å². The van der Waals surface area contributed by atoms with Crippen molar-refractivity contribution in [1.82, 2.24) is 15.1 Å². The number of carbonyl (C=O) groups excluding carboxylic acids is 4. The van der Waals surface area contributed by atoms with E-state index < -0.39 is 59.0 Å². The summed E-state index contributed by atoms with van der Waals surface area (Å²) in [4.78, 5) is 55.0. The number of ether oxygens (including phenoxy) is 1. The predicted molar refractivity (Wildman–Crippen MR) is 146 cm³/mol. The Morgan fingerprint density at radius 2 is 1.67 bits per heavy atom. The molecule has 14 heteroatoms. The smallest absolute Gasteiger partial charge is 0.416 e. The summed E-state index contributed by atoms with van der Waals surface area (Å²) in [6, 6.07) is 8.99. The quantitative estimate of drug-likeness (QED) is 0.386. The molecule has 1 N–H and O–H groups in total. The monoisotopic (exact) mass is 605 g/mol. The van der Waals surface area contributed by atoms with Gasteiger partial charge in [-0.3, -0.25) is 24.2 Å². The fraction of sp³-hybridized carbons (Fsp3) is 0.414. The highest BCUT2D eigenvalue weighted by molar-refractivity contribution is 6.16. The summed E-state index contributed by atoms with van der Waals surface area (Å²) in [5.41, 5.74) is -2.90. The average Bonchev–Trinajstić information content (AvgIpc) is 3.15. The van der Waals surface area contributed by atoms with Crippen molar-refractivity contribution in [2.24, 2.45) is 0 Å². The van der Waals surface area contributed by atoms with Gasteiger partial charge in [0.1, 0.15) is 23.2 Å². The molecule has 5 amide bonds. The van der Waals surface area contributed by atoms with E-state index in [0.29, 0.717) is 29.6 Å². The molecule has 2 saturated heterocycles. The lowest BCUT2D eigenvalue weighted by Gasteiger charge is -2.42. The Kier molecular flexibility index (Phi) is 10.3. The summed E-state index contributed by atoms with van der Waals surface area (Å²) in [6.45, 7) is 3.56. The van der Waals surface area contributed by atoms with Crippen LogP contribution in [0.15, 0.2) is 42.5 Å². The molecule has 2 heterocycles. The lowest BCUT2D eigenvalue weighted by Crippen LogP contribution is -2.58. The van der Waals surface area contributed by atoms with Crippen LogP contribution in [0.4, 0.5) is 28.0 Å². The van der Waals surface area contributed by atoms with Crippen LogP contribution in [0.5, 0.6) is 5.75 Å². The second-order valence-electron chi connectivity index (χ2n) is 9.92. The van der Waals surface area contributed by atoms with Crippen LogP contribution >= 0.6 is 0 Å². The van der Waals surface area contributed by atoms with Crippen LogP contribution < -0.4 is 15.0 Å². The molecule has 230 valence electrons. The molecule has 2 aliphatic heterocycles. The molecule has 0 radical (unpaired) electrons. The number of nitrogens with zero attached hydrogens (tertiary/aromatic N) is 4. The maximum Gasteiger partial charge on any atom is 0.416 e. The van der Waals surface area contributed by atoms with E-state index in [0.717, 1.165) is 4.90 Å². The number of nitriles is 1. The number of piperidine rings is 1. The highest BCUT2D eigenvalue weighted by Crippen LogP contribution is 2.40. The zero-order valence-electron chi connectivity index (χ0n) is 23.8. The molecule has 43 heavy (non-hydrogen) atoms. The van der Waals surface area contributed by atoms with Gasteiger partial charge >= 0.3 is 12.2 Å². The van der Waals surface area contributed by atoms with Gasteiger partial charge in [0.05, 0.1) is 17.7 Å². The maximum absolute atomic E-state index is 14.0. The van der Waals surface area contributed by atoms with Crippen molar-refractivity contribution < 1.29 is 41.5 Å². The molecule has 0 bridgehead atoms. The van der Waals surface area contributed by atoms with E-state index in [-0.39, 0.29) is 32.5 Å². The third kappa shape index (κ3) is 7.04. The number of urea groups is 1. The maximum atomic E-state index is 14.0. The molecule has 2 aromatic carbocycles. The number of nitrogens with one attached hydrogen (secondary N) is 1. The van der Waals surface area contributed by atoms with Crippen molar-refractivity contribution in [3.05, 3.63) is 59.4 Å². The number of carbonyl (C=O) groups is 4. The van der Waals surface area contributed by atoms with Gasteiger partial charge in [-0.1, -0.05) is 20.3 Å². The van der Waals surface area contributed by atoms with Gasteiger partial charge in [-0.15, -0.1) is 0 Å². The fourth-order valence-corrected chi connectivity index (χ4v) is 4.79. The van der Waals surface area contributed by atoms with Crippen LogP contribution in [0.25, 0.3) is 0 Å². The Morgan fingerprint density at radius 3 is 2.23 bits per heavy atom. The molecule has 2 aromatic rings. The SMILES string of the molecule is CCC.CN1C(=O)N(c2ccc(OCC#N)cc2)C2(CCN(C(=O)CNC(=O)c3cc(C(F)(F)F)ccc3F)CC2)C1=O. The van der Waals surface area contributed by atoms with Gasteiger partial charge in [0.2, 0.25) is 5.91 Å². The van der Waals surface area contributed by atoms with E-state index in [2.05, 4.69) is 19.2 Å². The van der Waals surface area contributed by atoms with E-state index in [1.54, 1.807) is 24.3 Å². The van der Waals surface area contributed by atoms with E-state index >= 15 is 0 Å². The Labute approximate surface area is 245 Å². The zero-order valence-corrected chi connectivity index (χ0v) is 23.8. The number of halogens is 4. The second kappa shape index (κ2) is 13.5. The van der Waals surface area contributed by atoms with Crippen LogP contribution in [0.2, 0.25) is 0 Å². The van der Waals surface area contributed by atoms with Gasteiger partial charge in [-0.2, -0.15) is 18.4 Å². The Hall–Kier alpha value is -4.67. The summed E-state index contributed by atoms with van der Waals surface area (Å²) < 4.78 is 58.0. The first-order chi connectivity index (χ1) is 20.3. The first-order valence-electron chi connectivity index (χ1n) is 13.5. The Morgan fingerprint density at radius 1 is 1.07 bits per heavy atom. The molecule has 2 aliphatic rings. The van der Waals surface area contributed by atoms with Gasteiger partial charge in [-0.25, -0.2) is 9.18 Å². The lowest BCUT2D eigenvalue weighted by atomic mass is 9.85. The van der Waals surface area contributed by atoms with Crippen LogP contribution in [0.3, 0.4) is 0 Å². The van der Waals surface area contributed by atoms with Gasteiger partial charge in [-0.05, 0) is 55.3 Å². The minimum atomic E-state index is -4.78. The molecule has 0 atom stereocenters. The standard InChI is InChI=1S/C26H23F4N5O5.C3H8/c1-33-23(38)25(35(24(33)39)17-3-5-18(6-4-17)40-13-10-31)8-11-34(12-9-25)21(36)15-32-22(37)19-14-16(26(28,29)30)2-7-20(19)27;1-3-2/h2-7,14H,8-9,11-13,15H2,1H3,(H,32,37);3H2,1-2H3. The normalized spacial score (nSPS) is 16.0. The summed E-state index contributed by atoms with van der Waals surface area (Å²) in [6.07, 6.45) is -3.37. The number of hydrogen-bond donors (Lipinski definition) is 1. The van der Waals surface area contributed by atoms with Crippen molar-refractivity contribution in [1.29, 1.82) is 5.26 Å². The fourth-order valence-electron chi connectivity index (χ4n) is 4.79. The molecular weight excluding hydrogens is 574 g/mol. The number of likely N-dealkylation sites (tertiary alicyclic amines) is 1. The zero-order chi connectivity index (χ0) is 31.9. The van der Waals surface area contributed by atoms with Gasteiger partial charge in [0.15, 0.2) is 6.61 Å². The summed E-state index contributed by atoms with van der Waals surface area (Å²) >= 11 is 0. The summed E-state index contributed by atoms with van der Waals surface area (Å²) in [7, 11) is 1.36. The second-order valence-corrected chi connectivity index (χ2v) is 9.92. The summed E-state index contributed by atoms with van der Waals surface area (Å²) in [5, 5.41) is 10.8. The molecule has 2 fully saturated rings. The molecule has 0 saturated carbocycles. The summed E-state index contributed by atoms with van der Waals surface area (Å²) in [5.74, 6) is -2.99. The average molecular weight is 606 g/mol. The first-order valence-corrected chi connectivity index (χ1v) is 13.5. The molecule has 0 aromatic heterocycles. The number of imide groups is 1.